The van der Waals surface area contributed by atoms with Crippen molar-refractivity contribution in [3.63, 3.8) is 0 Å². The second kappa shape index (κ2) is 15.4. The lowest BCUT2D eigenvalue weighted by Gasteiger charge is -2.37. The molecule has 0 spiro atoms. The van der Waals surface area contributed by atoms with E-state index in [-0.39, 0.29) is 43.3 Å². The Balaban J connectivity index is 1.38. The van der Waals surface area contributed by atoms with Gasteiger partial charge >= 0.3 is 12.2 Å². The van der Waals surface area contributed by atoms with E-state index in [0.29, 0.717) is 35.0 Å². The normalized spacial score (nSPS) is 14.1. The number of carbonyl (C=O) groups excluding carboxylic acids is 2. The minimum atomic E-state index is -1.43. The van der Waals surface area contributed by atoms with Gasteiger partial charge in [0.05, 0.1) is 6.61 Å². The van der Waals surface area contributed by atoms with Gasteiger partial charge in [0.15, 0.2) is 0 Å². The first kappa shape index (κ1) is 35.9. The van der Waals surface area contributed by atoms with Crippen LogP contribution in [0.4, 0.5) is 14.0 Å². The second-order valence-corrected chi connectivity index (χ2v) is 13.8. The molecule has 262 valence electrons. The average Bonchev–Trinajstić information content (AvgIpc) is 3.08. The van der Waals surface area contributed by atoms with Crippen molar-refractivity contribution in [2.24, 2.45) is 5.92 Å². The monoisotopic (exact) mass is 682 g/mol. The fourth-order valence-corrected chi connectivity index (χ4v) is 5.65. The van der Waals surface area contributed by atoms with Gasteiger partial charge in [-0.05, 0) is 107 Å². The quantitative estimate of drug-likeness (QED) is 0.178. The first-order valence-corrected chi connectivity index (χ1v) is 16.7. The van der Waals surface area contributed by atoms with Crippen LogP contribution in [0.3, 0.4) is 0 Å². The van der Waals surface area contributed by atoms with E-state index in [2.05, 4.69) is 20.8 Å². The zero-order valence-corrected chi connectivity index (χ0v) is 29.0. The van der Waals surface area contributed by atoms with E-state index in [9.17, 15) is 23.9 Å². The molecule has 0 aromatic heterocycles. The molecule has 0 aliphatic carbocycles. The van der Waals surface area contributed by atoms with E-state index in [1.54, 1.807) is 30.3 Å². The van der Waals surface area contributed by atoms with Crippen molar-refractivity contribution in [1.82, 2.24) is 9.80 Å². The number of rotatable bonds is 10. The number of ether oxygens (including phenoxy) is 3. The lowest BCUT2D eigenvalue weighted by Crippen LogP contribution is -2.50. The summed E-state index contributed by atoms with van der Waals surface area (Å²) in [6.45, 7) is 10.4. The van der Waals surface area contributed by atoms with Crippen molar-refractivity contribution >= 4 is 18.1 Å². The van der Waals surface area contributed by atoms with Gasteiger partial charge in [-0.15, -0.1) is 0 Å². The van der Waals surface area contributed by atoms with Crippen LogP contribution in [0.5, 0.6) is 23.0 Å². The zero-order valence-electron chi connectivity index (χ0n) is 29.0. The number of amides is 3. The molecule has 0 fully saturated rings. The van der Waals surface area contributed by atoms with Crippen molar-refractivity contribution in [3.8, 4) is 23.0 Å². The molecule has 1 aliphatic heterocycles. The van der Waals surface area contributed by atoms with Crippen LogP contribution in [-0.2, 0) is 27.8 Å². The van der Waals surface area contributed by atoms with Crippen LogP contribution in [0.15, 0.2) is 91.0 Å². The van der Waals surface area contributed by atoms with Crippen LogP contribution in [0.25, 0.3) is 0 Å². The number of carbonyl (C=O) groups is 3. The van der Waals surface area contributed by atoms with Gasteiger partial charge in [-0.25, -0.2) is 18.9 Å². The summed E-state index contributed by atoms with van der Waals surface area (Å²) in [7, 11) is 0. The number of halogens is 1. The van der Waals surface area contributed by atoms with Crippen LogP contribution < -0.4 is 9.47 Å². The van der Waals surface area contributed by atoms with Crippen molar-refractivity contribution in [1.29, 1.82) is 0 Å². The number of carboxylic acid groups (broad SMARTS) is 1. The summed E-state index contributed by atoms with van der Waals surface area (Å²) < 4.78 is 30.7. The molecule has 1 atom stereocenters. The van der Waals surface area contributed by atoms with Gasteiger partial charge in [-0.2, -0.15) is 0 Å². The van der Waals surface area contributed by atoms with Gasteiger partial charge in [0, 0.05) is 13.1 Å². The van der Waals surface area contributed by atoms with Crippen molar-refractivity contribution in [2.45, 2.75) is 58.9 Å². The van der Waals surface area contributed by atoms with Gasteiger partial charge in [0.1, 0.15) is 34.9 Å². The fourth-order valence-electron chi connectivity index (χ4n) is 5.65. The van der Waals surface area contributed by atoms with Gasteiger partial charge in [0.25, 0.3) is 5.91 Å². The Bertz CT molecular complexity index is 1800. The Labute approximate surface area is 292 Å². The van der Waals surface area contributed by atoms with Crippen LogP contribution in [0, 0.1) is 11.7 Å². The Morgan fingerprint density at radius 1 is 0.860 bits per heavy atom. The summed E-state index contributed by atoms with van der Waals surface area (Å²) in [4.78, 5) is 42.3. The van der Waals surface area contributed by atoms with Crippen LogP contribution in [-0.4, -0.2) is 52.7 Å². The van der Waals surface area contributed by atoms with Crippen LogP contribution in [0.1, 0.15) is 62.9 Å². The molecule has 50 heavy (non-hydrogen) atoms. The molecule has 0 bridgehead atoms. The Kier molecular flexibility index (Phi) is 11.1. The van der Waals surface area contributed by atoms with E-state index >= 15 is 0 Å². The van der Waals surface area contributed by atoms with E-state index < -0.39 is 24.1 Å². The predicted octanol–water partition coefficient (Wildman–Crippen LogP) is 9.15. The SMILES string of the molecule is CC(C)COC(=O)N1CCc2ccc(Oc3ccc(C(C)(C)C)cc3)cc2[C@H]1C(=O)N(CCc1ccc(Oc2ccc(F)cc2)cc1)C(=O)O. The molecule has 4 aromatic carbocycles. The molecule has 1 N–H and O–H groups in total. The van der Waals surface area contributed by atoms with E-state index in [1.165, 1.54) is 29.2 Å². The number of nitrogens with zero attached hydrogens (tertiary/aromatic N) is 2. The Morgan fingerprint density at radius 3 is 2.00 bits per heavy atom. The predicted molar refractivity (Wildman–Crippen MR) is 187 cm³/mol. The molecule has 0 unspecified atom stereocenters. The van der Waals surface area contributed by atoms with Crippen molar-refractivity contribution < 1.29 is 38.1 Å². The molecule has 0 saturated carbocycles. The lowest BCUT2D eigenvalue weighted by molar-refractivity contribution is -0.135. The lowest BCUT2D eigenvalue weighted by atomic mass is 9.87. The highest BCUT2D eigenvalue weighted by molar-refractivity contribution is 5.97. The number of imide groups is 1. The Morgan fingerprint density at radius 2 is 1.42 bits per heavy atom. The summed E-state index contributed by atoms with van der Waals surface area (Å²) in [5, 5.41) is 10.3. The number of hydrogen-bond acceptors (Lipinski definition) is 6. The minimum absolute atomic E-state index is 0.0232. The van der Waals surface area contributed by atoms with Crippen LogP contribution in [0.2, 0.25) is 0 Å². The molecule has 1 aliphatic rings. The van der Waals surface area contributed by atoms with E-state index in [0.717, 1.165) is 21.6 Å². The summed E-state index contributed by atoms with van der Waals surface area (Å²) in [6.07, 6.45) is -1.44. The highest BCUT2D eigenvalue weighted by Crippen LogP contribution is 2.36. The van der Waals surface area contributed by atoms with Gasteiger partial charge in [-0.3, -0.25) is 9.69 Å². The second-order valence-electron chi connectivity index (χ2n) is 13.8. The maximum absolute atomic E-state index is 14.3. The topological polar surface area (TPSA) is 106 Å². The van der Waals surface area contributed by atoms with E-state index in [1.807, 2.05) is 50.2 Å². The molecular weight excluding hydrogens is 639 g/mol. The third-order valence-corrected chi connectivity index (χ3v) is 8.40. The third-order valence-electron chi connectivity index (χ3n) is 8.40. The summed E-state index contributed by atoms with van der Waals surface area (Å²) in [5.41, 5.74) is 3.19. The molecule has 3 amide bonds. The molecule has 10 heteroatoms. The molecule has 9 nitrogen and oxygen atoms in total. The zero-order chi connectivity index (χ0) is 36.0. The molecule has 1 heterocycles. The third kappa shape index (κ3) is 8.99. The van der Waals surface area contributed by atoms with Crippen molar-refractivity contribution in [3.05, 3.63) is 119 Å². The van der Waals surface area contributed by atoms with Gasteiger partial charge in [0.2, 0.25) is 0 Å². The number of hydrogen-bond donors (Lipinski definition) is 1. The first-order chi connectivity index (χ1) is 23.8. The molecule has 4 aromatic rings. The first-order valence-electron chi connectivity index (χ1n) is 16.7. The minimum Gasteiger partial charge on any atom is -0.465 e. The summed E-state index contributed by atoms with van der Waals surface area (Å²) in [6, 6.07) is 24.5. The molecular formula is C40H43FN2O7. The average molecular weight is 683 g/mol. The van der Waals surface area contributed by atoms with Crippen LogP contribution >= 0.6 is 0 Å². The van der Waals surface area contributed by atoms with E-state index in [4.69, 9.17) is 14.2 Å². The highest BCUT2D eigenvalue weighted by atomic mass is 19.1. The molecule has 5 rings (SSSR count). The number of benzene rings is 4. The highest BCUT2D eigenvalue weighted by Gasteiger charge is 2.41. The maximum atomic E-state index is 14.3. The Hall–Kier alpha value is -5.38. The standard InChI is InChI=1S/C40H43FN2O7/c1-26(2)25-48-39(47)42-23-21-28-8-15-34(50-32-16-9-29(10-17-32)40(3,4)5)24-35(28)36(42)37(44)43(38(45)46)22-20-27-6-13-31(14-7-27)49-33-18-11-30(41)12-19-33/h6-19,24,26,36H,20-23,25H2,1-5H3,(H,45,46)/t36-/m0/s1. The largest absolute Gasteiger partial charge is 0.465 e. The maximum Gasteiger partial charge on any atom is 0.414 e. The fraction of sp³-hybridized carbons (Fsp3) is 0.325. The smallest absolute Gasteiger partial charge is 0.414 e. The summed E-state index contributed by atoms with van der Waals surface area (Å²) >= 11 is 0. The number of fused-ring (bicyclic) bond motifs is 1. The molecule has 0 saturated heterocycles. The van der Waals surface area contributed by atoms with Gasteiger partial charge in [-0.1, -0.05) is 65.0 Å². The van der Waals surface area contributed by atoms with Crippen molar-refractivity contribution in [2.75, 3.05) is 19.7 Å². The summed E-state index contributed by atoms with van der Waals surface area (Å²) in [5.74, 6) is 0.981. The van der Waals surface area contributed by atoms with Gasteiger partial charge < -0.3 is 19.3 Å². The molecule has 0 radical (unpaired) electrons.